The van der Waals surface area contributed by atoms with Crippen LogP contribution in [-0.4, -0.2) is 23.2 Å². The second kappa shape index (κ2) is 8.98. The van der Waals surface area contributed by atoms with Crippen LogP contribution in [0.4, 0.5) is 0 Å². The molecular formula is C21H23N3O3. The number of aryl methyl sites for hydroxylation is 2. The number of nitrogens with zero attached hydrogens (tertiary/aromatic N) is 2. The lowest BCUT2D eigenvalue weighted by Crippen LogP contribution is -2.23. The van der Waals surface area contributed by atoms with Crippen LogP contribution in [0.3, 0.4) is 0 Å². The second-order valence-corrected chi connectivity index (χ2v) is 6.19. The molecule has 140 valence electrons. The van der Waals surface area contributed by atoms with Crippen molar-refractivity contribution in [3.05, 3.63) is 65.5 Å². The highest BCUT2D eigenvalue weighted by Gasteiger charge is 2.11. The minimum absolute atomic E-state index is 0.0649. The Morgan fingerprint density at radius 3 is 2.70 bits per heavy atom. The van der Waals surface area contributed by atoms with Gasteiger partial charge in [0.2, 0.25) is 17.6 Å². The van der Waals surface area contributed by atoms with Crippen LogP contribution < -0.4 is 10.1 Å². The maximum Gasteiger partial charge on any atom is 0.227 e. The van der Waals surface area contributed by atoms with Gasteiger partial charge in [0.1, 0.15) is 5.75 Å². The van der Waals surface area contributed by atoms with Crippen LogP contribution in [-0.2, 0) is 24.2 Å². The molecule has 0 aliphatic heterocycles. The Morgan fingerprint density at radius 1 is 1.15 bits per heavy atom. The van der Waals surface area contributed by atoms with Crippen molar-refractivity contribution in [2.24, 2.45) is 0 Å². The van der Waals surface area contributed by atoms with Gasteiger partial charge in [0, 0.05) is 24.9 Å². The lowest BCUT2D eigenvalue weighted by atomic mass is 10.1. The predicted octanol–water partition coefficient (Wildman–Crippen LogP) is 3.56. The number of carbonyl (C=O) groups excluding carboxylic acids is 1. The van der Waals surface area contributed by atoms with Gasteiger partial charge >= 0.3 is 0 Å². The van der Waals surface area contributed by atoms with E-state index < -0.39 is 0 Å². The van der Waals surface area contributed by atoms with Crippen LogP contribution in [0.25, 0.3) is 11.4 Å². The first-order chi connectivity index (χ1) is 13.2. The lowest BCUT2D eigenvalue weighted by molar-refractivity contribution is -0.121. The molecule has 0 spiro atoms. The molecule has 0 atom stereocenters. The van der Waals surface area contributed by atoms with Crippen molar-refractivity contribution in [3.8, 4) is 17.1 Å². The molecule has 0 saturated carbocycles. The number of aromatic nitrogens is 2. The molecule has 3 rings (SSSR count). The highest BCUT2D eigenvalue weighted by atomic mass is 16.5. The zero-order valence-electron chi connectivity index (χ0n) is 15.6. The summed E-state index contributed by atoms with van der Waals surface area (Å²) in [5.74, 6) is 1.71. The van der Waals surface area contributed by atoms with Crippen LogP contribution in [0, 0.1) is 0 Å². The molecule has 0 bridgehead atoms. The van der Waals surface area contributed by atoms with Crippen LogP contribution in [0.1, 0.15) is 30.4 Å². The van der Waals surface area contributed by atoms with E-state index in [-0.39, 0.29) is 5.91 Å². The Morgan fingerprint density at radius 2 is 1.96 bits per heavy atom. The van der Waals surface area contributed by atoms with E-state index in [1.54, 1.807) is 7.11 Å². The normalized spacial score (nSPS) is 10.6. The van der Waals surface area contributed by atoms with Gasteiger partial charge in [0.25, 0.3) is 0 Å². The molecule has 2 aromatic carbocycles. The standard InChI is InChI=1S/C21H23N3O3/c1-3-15-7-9-17(10-8-15)21-23-20(27-24-21)12-11-19(25)22-14-16-5-4-6-18(13-16)26-2/h4-10,13H,3,11-12,14H2,1-2H3,(H,22,25). The van der Waals surface area contributed by atoms with E-state index in [1.165, 1.54) is 5.56 Å². The quantitative estimate of drug-likeness (QED) is 0.660. The number of ether oxygens (including phenoxy) is 1. The Balaban J connectivity index is 1.49. The summed E-state index contributed by atoms with van der Waals surface area (Å²) in [7, 11) is 1.62. The molecule has 1 N–H and O–H groups in total. The second-order valence-electron chi connectivity index (χ2n) is 6.19. The fourth-order valence-corrected chi connectivity index (χ4v) is 2.66. The van der Waals surface area contributed by atoms with E-state index in [2.05, 4.69) is 34.5 Å². The summed E-state index contributed by atoms with van der Waals surface area (Å²) in [4.78, 5) is 16.4. The molecule has 27 heavy (non-hydrogen) atoms. The Labute approximate surface area is 158 Å². The van der Waals surface area contributed by atoms with Gasteiger partial charge in [-0.3, -0.25) is 4.79 Å². The summed E-state index contributed by atoms with van der Waals surface area (Å²) in [5.41, 5.74) is 3.15. The molecule has 1 heterocycles. The smallest absolute Gasteiger partial charge is 0.227 e. The average Bonchev–Trinajstić information content (AvgIpc) is 3.20. The largest absolute Gasteiger partial charge is 0.497 e. The first-order valence-corrected chi connectivity index (χ1v) is 8.99. The minimum Gasteiger partial charge on any atom is -0.497 e. The Bertz CT molecular complexity index is 888. The van der Waals surface area contributed by atoms with Gasteiger partial charge in [-0.25, -0.2) is 0 Å². The fourth-order valence-electron chi connectivity index (χ4n) is 2.66. The van der Waals surface area contributed by atoms with E-state index in [9.17, 15) is 4.79 Å². The van der Waals surface area contributed by atoms with E-state index in [0.29, 0.717) is 31.1 Å². The topological polar surface area (TPSA) is 77.2 Å². The van der Waals surface area contributed by atoms with Gasteiger partial charge in [-0.05, 0) is 29.7 Å². The van der Waals surface area contributed by atoms with Crippen LogP contribution in [0.2, 0.25) is 0 Å². The Hall–Kier alpha value is -3.15. The molecule has 3 aromatic rings. The van der Waals surface area contributed by atoms with Gasteiger partial charge in [0.15, 0.2) is 0 Å². The van der Waals surface area contributed by atoms with Gasteiger partial charge in [-0.15, -0.1) is 0 Å². The molecule has 0 saturated heterocycles. The minimum atomic E-state index is -0.0649. The molecule has 0 aliphatic rings. The van der Waals surface area contributed by atoms with Crippen molar-refractivity contribution in [2.45, 2.75) is 32.7 Å². The number of carbonyl (C=O) groups is 1. The molecule has 0 fully saturated rings. The number of methoxy groups -OCH3 is 1. The number of rotatable bonds is 8. The SMILES string of the molecule is CCc1ccc(-c2noc(CCC(=O)NCc3cccc(OC)c3)n2)cc1. The molecule has 1 aromatic heterocycles. The molecule has 1 amide bonds. The lowest BCUT2D eigenvalue weighted by Gasteiger charge is -2.06. The average molecular weight is 365 g/mol. The first kappa shape index (κ1) is 18.6. The molecule has 6 heteroatoms. The molecule has 6 nitrogen and oxygen atoms in total. The van der Waals surface area contributed by atoms with E-state index in [1.807, 2.05) is 36.4 Å². The van der Waals surface area contributed by atoms with Crippen LogP contribution >= 0.6 is 0 Å². The summed E-state index contributed by atoms with van der Waals surface area (Å²) in [6.45, 7) is 2.57. The van der Waals surface area contributed by atoms with E-state index >= 15 is 0 Å². The highest BCUT2D eigenvalue weighted by molar-refractivity contribution is 5.76. The van der Waals surface area contributed by atoms with Crippen molar-refractivity contribution in [1.29, 1.82) is 0 Å². The summed E-state index contributed by atoms with van der Waals surface area (Å²) >= 11 is 0. The summed E-state index contributed by atoms with van der Waals surface area (Å²) in [6, 6.07) is 15.7. The Kier molecular flexibility index (Phi) is 6.20. The van der Waals surface area contributed by atoms with Crippen molar-refractivity contribution in [3.63, 3.8) is 0 Å². The van der Waals surface area contributed by atoms with Gasteiger partial charge < -0.3 is 14.6 Å². The van der Waals surface area contributed by atoms with Crippen molar-refractivity contribution in [2.75, 3.05) is 7.11 Å². The summed E-state index contributed by atoms with van der Waals surface area (Å²) in [5, 5.41) is 6.89. The van der Waals surface area contributed by atoms with Crippen molar-refractivity contribution in [1.82, 2.24) is 15.5 Å². The third-order valence-electron chi connectivity index (χ3n) is 4.28. The maximum atomic E-state index is 12.1. The van der Waals surface area contributed by atoms with Crippen LogP contribution in [0.15, 0.2) is 53.1 Å². The zero-order valence-corrected chi connectivity index (χ0v) is 15.6. The highest BCUT2D eigenvalue weighted by Crippen LogP contribution is 2.17. The van der Waals surface area contributed by atoms with Crippen molar-refractivity contribution < 1.29 is 14.1 Å². The first-order valence-electron chi connectivity index (χ1n) is 8.99. The maximum absolute atomic E-state index is 12.1. The number of amides is 1. The number of hydrogen-bond acceptors (Lipinski definition) is 5. The summed E-state index contributed by atoms with van der Waals surface area (Å²) < 4.78 is 10.4. The van der Waals surface area contributed by atoms with Crippen LogP contribution in [0.5, 0.6) is 5.75 Å². The molecule has 0 radical (unpaired) electrons. The third kappa shape index (κ3) is 5.17. The number of hydrogen-bond donors (Lipinski definition) is 1. The van der Waals surface area contributed by atoms with Crippen molar-refractivity contribution >= 4 is 5.91 Å². The number of benzene rings is 2. The fraction of sp³-hybridized carbons (Fsp3) is 0.286. The molecular weight excluding hydrogens is 342 g/mol. The molecule has 0 unspecified atom stereocenters. The monoisotopic (exact) mass is 365 g/mol. The predicted molar refractivity (Wildman–Crippen MR) is 102 cm³/mol. The van der Waals surface area contributed by atoms with Gasteiger partial charge in [0.05, 0.1) is 7.11 Å². The molecule has 0 aliphatic carbocycles. The van der Waals surface area contributed by atoms with E-state index in [4.69, 9.17) is 9.26 Å². The summed E-state index contributed by atoms with van der Waals surface area (Å²) in [6.07, 6.45) is 1.69. The number of nitrogens with one attached hydrogen (secondary N) is 1. The van der Waals surface area contributed by atoms with E-state index in [0.717, 1.165) is 23.3 Å². The zero-order chi connectivity index (χ0) is 19.1. The van der Waals surface area contributed by atoms with Gasteiger partial charge in [-0.1, -0.05) is 48.5 Å². The van der Waals surface area contributed by atoms with Gasteiger partial charge in [-0.2, -0.15) is 4.98 Å². The third-order valence-corrected chi connectivity index (χ3v) is 4.28.